The van der Waals surface area contributed by atoms with Crippen molar-refractivity contribution in [3.63, 3.8) is 0 Å². The number of benzene rings is 2. The van der Waals surface area contributed by atoms with Crippen LogP contribution < -0.4 is 10.2 Å². The van der Waals surface area contributed by atoms with E-state index in [1.807, 2.05) is 0 Å². The zero-order chi connectivity index (χ0) is 13.8. The van der Waals surface area contributed by atoms with Crippen molar-refractivity contribution in [3.8, 4) is 5.75 Å². The summed E-state index contributed by atoms with van der Waals surface area (Å²) in [5.41, 5.74) is 0.401. The van der Waals surface area contributed by atoms with E-state index >= 15 is 0 Å². The summed E-state index contributed by atoms with van der Waals surface area (Å²) >= 11 is 0. The third-order valence-corrected chi connectivity index (χ3v) is 2.51. The summed E-state index contributed by atoms with van der Waals surface area (Å²) < 4.78 is 31.7. The minimum atomic E-state index is -1.76. The van der Waals surface area contributed by atoms with E-state index in [1.54, 1.807) is 6.07 Å². The summed E-state index contributed by atoms with van der Waals surface area (Å²) in [6.45, 7) is -0.0710. The van der Waals surface area contributed by atoms with Gasteiger partial charge in [0.25, 0.3) is 0 Å². The van der Waals surface area contributed by atoms with Crippen LogP contribution in [0, 0.1) is 11.6 Å². The van der Waals surface area contributed by atoms with Crippen molar-refractivity contribution in [1.82, 2.24) is 0 Å². The van der Waals surface area contributed by atoms with Crippen molar-refractivity contribution in [3.05, 3.63) is 59.7 Å². The van der Waals surface area contributed by atoms with Gasteiger partial charge in [-0.2, -0.15) is 0 Å². The molecule has 0 bridgehead atoms. The van der Waals surface area contributed by atoms with Crippen LogP contribution in [0.2, 0.25) is 0 Å². The van der Waals surface area contributed by atoms with Crippen molar-refractivity contribution in [1.29, 1.82) is 0 Å². The fourth-order valence-corrected chi connectivity index (χ4v) is 1.63. The van der Waals surface area contributed by atoms with Gasteiger partial charge in [-0.25, -0.2) is 8.78 Å². The molecule has 0 aliphatic rings. The smallest absolute Gasteiger partial charge is 0.486 e. The van der Waals surface area contributed by atoms with E-state index in [2.05, 4.69) is 0 Å². The van der Waals surface area contributed by atoms with Gasteiger partial charge in [0.2, 0.25) is 0 Å². The normalized spacial score (nSPS) is 10.3. The highest BCUT2D eigenvalue weighted by atomic mass is 19.1. The molecule has 0 saturated carbocycles. The third kappa shape index (κ3) is 3.53. The maximum atomic E-state index is 13.3. The van der Waals surface area contributed by atoms with Crippen LogP contribution in [0.1, 0.15) is 5.56 Å². The Morgan fingerprint density at radius 2 is 1.79 bits per heavy atom. The second-order valence-electron chi connectivity index (χ2n) is 3.99. The zero-order valence-electron chi connectivity index (χ0n) is 9.88. The molecule has 3 nitrogen and oxygen atoms in total. The summed E-state index contributed by atoms with van der Waals surface area (Å²) in [7, 11) is -1.76. The number of para-hydroxylation sites is 1. The van der Waals surface area contributed by atoms with E-state index in [9.17, 15) is 8.78 Å². The van der Waals surface area contributed by atoms with E-state index in [0.29, 0.717) is 5.56 Å². The van der Waals surface area contributed by atoms with Crippen LogP contribution >= 0.6 is 0 Å². The molecule has 0 amide bonds. The van der Waals surface area contributed by atoms with Crippen LogP contribution in [0.15, 0.2) is 42.5 Å². The van der Waals surface area contributed by atoms with Crippen LogP contribution in [-0.4, -0.2) is 17.2 Å². The predicted molar refractivity (Wildman–Crippen MR) is 67.0 cm³/mol. The van der Waals surface area contributed by atoms with Crippen molar-refractivity contribution in [2.24, 2.45) is 0 Å². The Hall–Kier alpha value is -1.92. The van der Waals surface area contributed by atoms with E-state index in [1.165, 1.54) is 30.3 Å². The summed E-state index contributed by atoms with van der Waals surface area (Å²) in [5.74, 6) is -1.07. The number of hydrogen-bond donors (Lipinski definition) is 2. The van der Waals surface area contributed by atoms with E-state index < -0.39 is 18.8 Å². The molecule has 0 saturated heterocycles. The van der Waals surface area contributed by atoms with Crippen LogP contribution in [0.4, 0.5) is 8.78 Å². The molecule has 0 fully saturated rings. The molecular formula is C13H11BF2O3. The van der Waals surface area contributed by atoms with Crippen LogP contribution in [-0.2, 0) is 6.61 Å². The molecule has 2 aromatic carbocycles. The number of rotatable bonds is 4. The number of ether oxygens (including phenoxy) is 1. The van der Waals surface area contributed by atoms with Gasteiger partial charge in [-0.3, -0.25) is 0 Å². The monoisotopic (exact) mass is 264 g/mol. The fraction of sp³-hybridized carbons (Fsp3) is 0.0769. The van der Waals surface area contributed by atoms with Gasteiger partial charge in [0, 0.05) is 0 Å². The van der Waals surface area contributed by atoms with Crippen molar-refractivity contribution >= 4 is 12.6 Å². The standard InChI is InChI=1S/C13H11BF2O3/c15-11-6-9(5-10(7-11)14(17)18)8-19-13-4-2-1-3-12(13)16/h1-7,17-18H,8H2. The first-order chi connectivity index (χ1) is 9.06. The minimum Gasteiger partial charge on any atom is -0.486 e. The van der Waals surface area contributed by atoms with Gasteiger partial charge in [-0.15, -0.1) is 0 Å². The highest BCUT2D eigenvalue weighted by molar-refractivity contribution is 6.58. The summed E-state index contributed by atoms with van der Waals surface area (Å²) in [5, 5.41) is 18.0. The van der Waals surface area contributed by atoms with E-state index in [0.717, 1.165) is 6.07 Å². The predicted octanol–water partition coefficient (Wildman–Crippen LogP) is 1.22. The SMILES string of the molecule is OB(O)c1cc(F)cc(COc2ccccc2F)c1. The average molecular weight is 264 g/mol. The van der Waals surface area contributed by atoms with Crippen LogP contribution in [0.5, 0.6) is 5.75 Å². The second kappa shape index (κ2) is 5.82. The molecule has 98 valence electrons. The molecule has 2 aromatic rings. The van der Waals surface area contributed by atoms with Crippen molar-refractivity contribution < 1.29 is 23.6 Å². The molecule has 0 aliphatic carbocycles. The molecular weight excluding hydrogens is 253 g/mol. The summed E-state index contributed by atoms with van der Waals surface area (Å²) in [4.78, 5) is 0. The van der Waals surface area contributed by atoms with Gasteiger partial charge >= 0.3 is 7.12 Å². The van der Waals surface area contributed by atoms with Gasteiger partial charge in [0.15, 0.2) is 11.6 Å². The average Bonchev–Trinajstić information content (AvgIpc) is 2.37. The highest BCUT2D eigenvalue weighted by Crippen LogP contribution is 2.17. The van der Waals surface area contributed by atoms with Crippen LogP contribution in [0.25, 0.3) is 0 Å². The lowest BCUT2D eigenvalue weighted by Crippen LogP contribution is -2.30. The molecule has 2 N–H and O–H groups in total. The van der Waals surface area contributed by atoms with Gasteiger partial charge in [0.05, 0.1) is 0 Å². The molecule has 6 heteroatoms. The Balaban J connectivity index is 2.14. The minimum absolute atomic E-state index is 0.0205. The third-order valence-electron chi connectivity index (χ3n) is 2.51. The van der Waals surface area contributed by atoms with Gasteiger partial charge < -0.3 is 14.8 Å². The van der Waals surface area contributed by atoms with Gasteiger partial charge in [-0.1, -0.05) is 18.2 Å². The Kier molecular flexibility index (Phi) is 4.14. The lowest BCUT2D eigenvalue weighted by Gasteiger charge is -2.09. The highest BCUT2D eigenvalue weighted by Gasteiger charge is 2.13. The fourth-order valence-electron chi connectivity index (χ4n) is 1.63. The molecule has 0 unspecified atom stereocenters. The quantitative estimate of drug-likeness (QED) is 0.816. The first kappa shape index (κ1) is 13.5. The first-order valence-corrected chi connectivity index (χ1v) is 5.59. The Labute approximate surface area is 109 Å². The van der Waals surface area contributed by atoms with Crippen LogP contribution in [0.3, 0.4) is 0 Å². The lowest BCUT2D eigenvalue weighted by molar-refractivity contribution is 0.290. The topological polar surface area (TPSA) is 49.7 Å². The van der Waals surface area contributed by atoms with Crippen molar-refractivity contribution in [2.75, 3.05) is 0 Å². The summed E-state index contributed by atoms with van der Waals surface area (Å²) in [6, 6.07) is 9.44. The maximum Gasteiger partial charge on any atom is 0.488 e. The van der Waals surface area contributed by atoms with Crippen molar-refractivity contribution in [2.45, 2.75) is 6.61 Å². The van der Waals surface area contributed by atoms with E-state index in [4.69, 9.17) is 14.8 Å². The van der Waals surface area contributed by atoms with Gasteiger partial charge in [-0.05, 0) is 35.3 Å². The van der Waals surface area contributed by atoms with E-state index in [-0.39, 0.29) is 17.8 Å². The molecule has 0 radical (unpaired) electrons. The molecule has 0 heterocycles. The van der Waals surface area contributed by atoms with Gasteiger partial charge in [0.1, 0.15) is 12.4 Å². The molecule has 0 atom stereocenters. The largest absolute Gasteiger partial charge is 0.488 e. The maximum absolute atomic E-state index is 13.3. The molecule has 0 aromatic heterocycles. The Bertz CT molecular complexity index is 576. The first-order valence-electron chi connectivity index (χ1n) is 5.59. The Morgan fingerprint density at radius 3 is 2.47 bits per heavy atom. The molecule has 0 aliphatic heterocycles. The molecule has 0 spiro atoms. The molecule has 19 heavy (non-hydrogen) atoms. The number of hydrogen-bond acceptors (Lipinski definition) is 3. The zero-order valence-corrected chi connectivity index (χ0v) is 9.88. The lowest BCUT2D eigenvalue weighted by atomic mass is 9.79. The Morgan fingerprint density at radius 1 is 1.05 bits per heavy atom. The second-order valence-corrected chi connectivity index (χ2v) is 3.99. The molecule has 2 rings (SSSR count). The number of halogens is 2. The summed E-state index contributed by atoms with van der Waals surface area (Å²) in [6.07, 6.45) is 0.